The van der Waals surface area contributed by atoms with E-state index in [9.17, 15) is 14.4 Å². The molecule has 1 aromatic heterocycles. The summed E-state index contributed by atoms with van der Waals surface area (Å²) in [6.07, 6.45) is 5.26. The van der Waals surface area contributed by atoms with Crippen LogP contribution < -0.4 is 21.3 Å². The van der Waals surface area contributed by atoms with Crippen molar-refractivity contribution in [2.24, 2.45) is 5.73 Å². The van der Waals surface area contributed by atoms with Gasteiger partial charge in [-0.2, -0.15) is 0 Å². The second-order valence-electron chi connectivity index (χ2n) is 10.3. The molecule has 1 aliphatic rings. The SMILES string of the molecule is CCC(CCN)Nc1nccn(CCCN2C(=O)c3ccccc3C2=O)c1=O.Cc1ccc(OCc2ccccc2)cc1. The van der Waals surface area contributed by atoms with Gasteiger partial charge in [-0.05, 0) is 62.6 Å². The van der Waals surface area contributed by atoms with Crippen molar-refractivity contribution >= 4 is 17.6 Å². The fourth-order valence-corrected chi connectivity index (χ4v) is 4.71. The van der Waals surface area contributed by atoms with Crippen molar-refractivity contribution in [1.29, 1.82) is 0 Å². The Morgan fingerprint density at radius 1 is 0.884 bits per heavy atom. The Hall–Kier alpha value is -4.76. The average Bonchev–Trinajstić information content (AvgIpc) is 3.28. The van der Waals surface area contributed by atoms with Crippen molar-refractivity contribution in [2.75, 3.05) is 18.4 Å². The second kappa shape index (κ2) is 15.5. The zero-order valence-corrected chi connectivity index (χ0v) is 24.7. The number of imide groups is 1. The summed E-state index contributed by atoms with van der Waals surface area (Å²) in [6, 6.07) is 25.2. The normalized spacial score (nSPS) is 12.8. The maximum Gasteiger partial charge on any atom is 0.293 e. The Balaban J connectivity index is 0.000000237. The van der Waals surface area contributed by atoms with Gasteiger partial charge in [0, 0.05) is 31.5 Å². The van der Waals surface area contributed by atoms with E-state index in [1.165, 1.54) is 16.0 Å². The molecular weight excluding hydrogens is 542 g/mol. The smallest absolute Gasteiger partial charge is 0.293 e. The summed E-state index contributed by atoms with van der Waals surface area (Å²) in [5.74, 6) is 0.656. The Morgan fingerprint density at radius 3 is 2.16 bits per heavy atom. The average molecular weight is 582 g/mol. The number of nitrogens with zero attached hydrogens (tertiary/aromatic N) is 3. The van der Waals surface area contributed by atoms with Crippen molar-refractivity contribution in [3.05, 3.63) is 124 Å². The number of nitrogens with one attached hydrogen (secondary N) is 1. The molecule has 43 heavy (non-hydrogen) atoms. The van der Waals surface area contributed by atoms with E-state index < -0.39 is 0 Å². The number of benzene rings is 3. The maximum atomic E-state index is 12.6. The number of hydrogen-bond acceptors (Lipinski definition) is 7. The number of fused-ring (bicyclic) bond motifs is 1. The van der Waals surface area contributed by atoms with E-state index in [0.29, 0.717) is 43.1 Å². The molecule has 9 nitrogen and oxygen atoms in total. The zero-order chi connectivity index (χ0) is 30.6. The van der Waals surface area contributed by atoms with Gasteiger partial charge in [0.2, 0.25) is 0 Å². The van der Waals surface area contributed by atoms with Crippen molar-refractivity contribution in [3.63, 3.8) is 0 Å². The Labute approximate surface area is 252 Å². The van der Waals surface area contributed by atoms with Gasteiger partial charge in [0.05, 0.1) is 11.1 Å². The summed E-state index contributed by atoms with van der Waals surface area (Å²) in [5, 5.41) is 3.15. The van der Waals surface area contributed by atoms with Crippen LogP contribution in [0.3, 0.4) is 0 Å². The van der Waals surface area contributed by atoms with E-state index in [2.05, 4.69) is 41.5 Å². The van der Waals surface area contributed by atoms with Gasteiger partial charge in [0.15, 0.2) is 5.82 Å². The van der Waals surface area contributed by atoms with Crippen molar-refractivity contribution < 1.29 is 14.3 Å². The lowest BCUT2D eigenvalue weighted by Gasteiger charge is -2.17. The van der Waals surface area contributed by atoms with Crippen LogP contribution in [0, 0.1) is 6.92 Å². The number of rotatable bonds is 12. The van der Waals surface area contributed by atoms with Crippen molar-refractivity contribution in [1.82, 2.24) is 14.5 Å². The fourth-order valence-electron chi connectivity index (χ4n) is 4.71. The highest BCUT2D eigenvalue weighted by atomic mass is 16.5. The molecule has 1 aliphatic heterocycles. The molecule has 3 aromatic carbocycles. The Bertz CT molecular complexity index is 1520. The minimum atomic E-state index is -0.280. The third kappa shape index (κ3) is 8.39. The highest BCUT2D eigenvalue weighted by Crippen LogP contribution is 2.22. The largest absolute Gasteiger partial charge is 0.489 e. The molecule has 4 aromatic rings. The number of carbonyl (C=O) groups excluding carboxylic acids is 2. The molecule has 224 valence electrons. The molecule has 2 heterocycles. The zero-order valence-electron chi connectivity index (χ0n) is 24.7. The molecule has 0 saturated carbocycles. The van der Waals surface area contributed by atoms with Crippen LogP contribution in [0.1, 0.15) is 58.0 Å². The number of carbonyl (C=O) groups is 2. The van der Waals surface area contributed by atoms with E-state index in [4.69, 9.17) is 10.5 Å². The quantitative estimate of drug-likeness (QED) is 0.225. The number of nitrogens with two attached hydrogens (primary N) is 1. The van der Waals surface area contributed by atoms with Gasteiger partial charge in [-0.3, -0.25) is 19.3 Å². The van der Waals surface area contributed by atoms with E-state index >= 15 is 0 Å². The first-order chi connectivity index (χ1) is 20.9. The monoisotopic (exact) mass is 581 g/mol. The lowest BCUT2D eigenvalue weighted by Crippen LogP contribution is -2.33. The van der Waals surface area contributed by atoms with Gasteiger partial charge >= 0.3 is 0 Å². The Kier molecular flexibility index (Phi) is 11.2. The maximum absolute atomic E-state index is 12.6. The minimum Gasteiger partial charge on any atom is -0.489 e. The molecule has 0 fully saturated rings. The first-order valence-electron chi connectivity index (χ1n) is 14.6. The van der Waals surface area contributed by atoms with Crippen LogP contribution in [0.2, 0.25) is 0 Å². The molecule has 0 saturated heterocycles. The van der Waals surface area contributed by atoms with Crippen molar-refractivity contribution in [2.45, 2.75) is 52.3 Å². The molecule has 1 unspecified atom stereocenters. The molecule has 9 heteroatoms. The summed E-state index contributed by atoms with van der Waals surface area (Å²) in [6.45, 7) is 5.90. The van der Waals surface area contributed by atoms with Crippen LogP contribution in [0.25, 0.3) is 0 Å². The number of hydrogen-bond donors (Lipinski definition) is 2. The predicted octanol–water partition coefficient (Wildman–Crippen LogP) is 5.04. The summed E-state index contributed by atoms with van der Waals surface area (Å²) in [5.41, 5.74) is 8.70. The van der Waals surface area contributed by atoms with E-state index in [1.54, 1.807) is 41.2 Å². The second-order valence-corrected chi connectivity index (χ2v) is 10.3. The Morgan fingerprint density at radius 2 is 1.53 bits per heavy atom. The summed E-state index contributed by atoms with van der Waals surface area (Å²) in [7, 11) is 0. The van der Waals surface area contributed by atoms with Crippen LogP contribution in [0.5, 0.6) is 5.75 Å². The third-order valence-corrected chi connectivity index (χ3v) is 7.19. The van der Waals surface area contributed by atoms with Gasteiger partial charge in [0.1, 0.15) is 12.4 Å². The van der Waals surface area contributed by atoms with Crippen LogP contribution in [0.4, 0.5) is 5.82 Å². The topological polar surface area (TPSA) is 120 Å². The van der Waals surface area contributed by atoms with E-state index in [-0.39, 0.29) is 30.0 Å². The van der Waals surface area contributed by atoms with Crippen LogP contribution in [-0.2, 0) is 13.2 Å². The molecule has 0 bridgehead atoms. The molecule has 3 N–H and O–H groups in total. The standard InChI is InChI=1S/C20H25N5O3.C14H14O/c1-2-14(8-9-21)23-17-20(28)24(13-10-22-17)11-5-12-25-18(26)15-6-3-4-7-16(15)19(25)27;1-12-7-9-14(10-8-12)15-11-13-5-3-2-4-6-13/h3-4,6-7,10,13-14H,2,5,8-9,11-12,21H2,1H3,(H,22,23);2-10H,11H2,1H3. The summed E-state index contributed by atoms with van der Waals surface area (Å²) < 4.78 is 7.19. The van der Waals surface area contributed by atoms with E-state index in [0.717, 1.165) is 18.6 Å². The lowest BCUT2D eigenvalue weighted by atomic mass is 10.1. The van der Waals surface area contributed by atoms with E-state index in [1.807, 2.05) is 37.3 Å². The number of anilines is 1. The van der Waals surface area contributed by atoms with Crippen LogP contribution in [0.15, 0.2) is 96.1 Å². The van der Waals surface area contributed by atoms with Gasteiger partial charge in [0.25, 0.3) is 17.4 Å². The van der Waals surface area contributed by atoms with Crippen molar-refractivity contribution in [3.8, 4) is 5.75 Å². The van der Waals surface area contributed by atoms with Crippen LogP contribution >= 0.6 is 0 Å². The molecule has 5 rings (SSSR count). The number of amides is 2. The molecule has 0 aliphatic carbocycles. The van der Waals surface area contributed by atoms with Gasteiger partial charge in [-0.25, -0.2) is 4.98 Å². The first kappa shape index (κ1) is 31.2. The fraction of sp³-hybridized carbons (Fsp3) is 0.294. The molecule has 1 atom stereocenters. The van der Waals surface area contributed by atoms with Crippen LogP contribution in [-0.4, -0.2) is 45.4 Å². The highest BCUT2D eigenvalue weighted by Gasteiger charge is 2.34. The molecule has 0 radical (unpaired) electrons. The lowest BCUT2D eigenvalue weighted by molar-refractivity contribution is 0.0650. The first-order valence-corrected chi connectivity index (χ1v) is 14.6. The van der Waals surface area contributed by atoms with Gasteiger partial charge in [-0.15, -0.1) is 0 Å². The number of aryl methyl sites for hydroxylation is 2. The third-order valence-electron chi connectivity index (χ3n) is 7.19. The molecule has 0 spiro atoms. The predicted molar refractivity (Wildman–Crippen MR) is 168 cm³/mol. The summed E-state index contributed by atoms with van der Waals surface area (Å²) >= 11 is 0. The number of ether oxygens (including phenoxy) is 1. The molecule has 2 amide bonds. The molecular formula is C34H39N5O4. The van der Waals surface area contributed by atoms with Gasteiger partial charge < -0.3 is 20.4 Å². The van der Waals surface area contributed by atoms with Gasteiger partial charge in [-0.1, -0.05) is 67.1 Å². The minimum absolute atomic E-state index is 0.0967. The highest BCUT2D eigenvalue weighted by molar-refractivity contribution is 6.21. The number of aromatic nitrogens is 2. The summed E-state index contributed by atoms with van der Waals surface area (Å²) in [4.78, 5) is 42.8.